The maximum atomic E-state index is 11.6. The summed E-state index contributed by atoms with van der Waals surface area (Å²) in [6, 6.07) is 7.21. The van der Waals surface area contributed by atoms with E-state index in [1.54, 1.807) is 12.1 Å². The van der Waals surface area contributed by atoms with Crippen LogP contribution >= 0.6 is 0 Å². The summed E-state index contributed by atoms with van der Waals surface area (Å²) in [4.78, 5) is 0. The van der Waals surface area contributed by atoms with Crippen molar-refractivity contribution in [2.24, 2.45) is 5.73 Å². The molecule has 1 aromatic carbocycles. The zero-order valence-electron chi connectivity index (χ0n) is 10.7. The molecule has 0 aliphatic carbocycles. The van der Waals surface area contributed by atoms with Gasteiger partial charge in [0, 0.05) is 19.3 Å². The second-order valence-corrected chi connectivity index (χ2v) is 8.43. The third-order valence-electron chi connectivity index (χ3n) is 2.54. The highest BCUT2D eigenvalue weighted by molar-refractivity contribution is 7.93. The van der Waals surface area contributed by atoms with Crippen molar-refractivity contribution in [2.45, 2.75) is 13.1 Å². The first-order valence-electron chi connectivity index (χ1n) is 5.65. The van der Waals surface area contributed by atoms with Crippen molar-refractivity contribution in [3.63, 3.8) is 0 Å². The predicted octanol–water partition coefficient (Wildman–Crippen LogP) is -0.391. The first kappa shape index (κ1) is 16.1. The molecular weight excluding hydrogens is 288 g/mol. The number of hydrogen-bond acceptors (Lipinski definition) is 5. The zero-order chi connectivity index (χ0) is 14.5. The van der Waals surface area contributed by atoms with Gasteiger partial charge in [0.05, 0.1) is 11.5 Å². The van der Waals surface area contributed by atoms with Gasteiger partial charge in [0.1, 0.15) is 9.84 Å². The van der Waals surface area contributed by atoms with E-state index in [0.29, 0.717) is 6.54 Å². The summed E-state index contributed by atoms with van der Waals surface area (Å²) in [6.45, 7) is 0.431. The average molecular weight is 306 g/mol. The van der Waals surface area contributed by atoms with Crippen LogP contribution in [0.4, 0.5) is 0 Å². The highest BCUT2D eigenvalue weighted by atomic mass is 32.2. The second-order valence-electron chi connectivity index (χ2n) is 4.24. The molecule has 0 fully saturated rings. The van der Waals surface area contributed by atoms with Crippen LogP contribution in [0.2, 0.25) is 0 Å². The van der Waals surface area contributed by atoms with Gasteiger partial charge in [-0.3, -0.25) is 0 Å². The number of sulfonamides is 1. The van der Waals surface area contributed by atoms with Crippen LogP contribution in [0.25, 0.3) is 0 Å². The fourth-order valence-corrected chi connectivity index (χ4v) is 4.06. The van der Waals surface area contributed by atoms with Gasteiger partial charge in [0.2, 0.25) is 10.0 Å². The SMILES string of the molecule is CS(=O)(=O)CCS(=O)(=O)NCc1ccccc1CN. The van der Waals surface area contributed by atoms with Crippen LogP contribution < -0.4 is 10.5 Å². The lowest BCUT2D eigenvalue weighted by molar-refractivity contribution is 0.578. The fraction of sp³-hybridized carbons (Fsp3) is 0.455. The summed E-state index contributed by atoms with van der Waals surface area (Å²) in [5.41, 5.74) is 7.19. The normalized spacial score (nSPS) is 12.5. The van der Waals surface area contributed by atoms with Crippen molar-refractivity contribution in [2.75, 3.05) is 17.8 Å². The van der Waals surface area contributed by atoms with Crippen molar-refractivity contribution in [3.05, 3.63) is 35.4 Å². The summed E-state index contributed by atoms with van der Waals surface area (Å²) in [5.74, 6) is -0.822. The molecule has 1 rings (SSSR count). The highest BCUT2D eigenvalue weighted by Crippen LogP contribution is 2.08. The molecule has 0 aliphatic rings. The Labute approximate surface area is 114 Å². The number of rotatable bonds is 7. The molecule has 108 valence electrons. The Morgan fingerprint density at radius 1 is 1.05 bits per heavy atom. The molecule has 0 unspecified atom stereocenters. The van der Waals surface area contributed by atoms with Crippen molar-refractivity contribution < 1.29 is 16.8 Å². The zero-order valence-corrected chi connectivity index (χ0v) is 12.3. The Hall–Kier alpha value is -0.960. The van der Waals surface area contributed by atoms with Crippen LogP contribution in [-0.2, 0) is 33.0 Å². The number of sulfone groups is 1. The first-order chi connectivity index (χ1) is 8.73. The lowest BCUT2D eigenvalue weighted by atomic mass is 10.1. The van der Waals surface area contributed by atoms with Gasteiger partial charge in [0.15, 0.2) is 0 Å². The Kier molecular flexibility index (Phi) is 5.48. The summed E-state index contributed by atoms with van der Waals surface area (Å²) in [5, 5.41) is 0. The number of nitrogens with one attached hydrogen (secondary N) is 1. The van der Waals surface area contributed by atoms with E-state index in [1.807, 2.05) is 12.1 Å². The predicted molar refractivity (Wildman–Crippen MR) is 74.7 cm³/mol. The van der Waals surface area contributed by atoms with E-state index < -0.39 is 25.6 Å². The first-order valence-corrected chi connectivity index (χ1v) is 9.37. The molecule has 0 saturated carbocycles. The van der Waals surface area contributed by atoms with Gasteiger partial charge in [-0.2, -0.15) is 0 Å². The van der Waals surface area contributed by atoms with Gasteiger partial charge < -0.3 is 5.73 Å². The van der Waals surface area contributed by atoms with Crippen LogP contribution in [-0.4, -0.2) is 34.6 Å². The summed E-state index contributed by atoms with van der Waals surface area (Å²) in [7, 11) is -6.90. The molecular formula is C11H18N2O4S2. The number of benzene rings is 1. The molecule has 0 aliphatic heterocycles. The van der Waals surface area contributed by atoms with Gasteiger partial charge in [-0.25, -0.2) is 21.6 Å². The maximum Gasteiger partial charge on any atom is 0.212 e. The van der Waals surface area contributed by atoms with Gasteiger partial charge >= 0.3 is 0 Å². The van der Waals surface area contributed by atoms with Gasteiger partial charge in [-0.15, -0.1) is 0 Å². The molecule has 0 heterocycles. The molecule has 0 saturated heterocycles. The van der Waals surface area contributed by atoms with Crippen molar-refractivity contribution >= 4 is 19.9 Å². The molecule has 0 spiro atoms. The Morgan fingerprint density at radius 3 is 2.16 bits per heavy atom. The Balaban J connectivity index is 2.65. The van der Waals surface area contributed by atoms with E-state index in [9.17, 15) is 16.8 Å². The summed E-state index contributed by atoms with van der Waals surface area (Å²) in [6.07, 6.45) is 1.01. The fourth-order valence-electron chi connectivity index (χ4n) is 1.45. The van der Waals surface area contributed by atoms with Crippen LogP contribution in [0, 0.1) is 0 Å². The van der Waals surface area contributed by atoms with Crippen LogP contribution in [0.15, 0.2) is 24.3 Å². The lowest BCUT2D eigenvalue weighted by Gasteiger charge is -2.09. The van der Waals surface area contributed by atoms with Gasteiger partial charge in [0.25, 0.3) is 0 Å². The van der Waals surface area contributed by atoms with Gasteiger partial charge in [-0.05, 0) is 11.1 Å². The van der Waals surface area contributed by atoms with Crippen LogP contribution in [0.3, 0.4) is 0 Å². The van der Waals surface area contributed by atoms with Crippen molar-refractivity contribution in [1.29, 1.82) is 0 Å². The minimum absolute atomic E-state index is 0.111. The molecule has 0 radical (unpaired) electrons. The van der Waals surface area contributed by atoms with E-state index in [1.165, 1.54) is 0 Å². The van der Waals surface area contributed by atoms with E-state index >= 15 is 0 Å². The van der Waals surface area contributed by atoms with E-state index in [4.69, 9.17) is 5.73 Å². The topological polar surface area (TPSA) is 106 Å². The Bertz CT molecular complexity index is 624. The molecule has 0 amide bonds. The van der Waals surface area contributed by atoms with E-state index in [0.717, 1.165) is 17.4 Å². The minimum Gasteiger partial charge on any atom is -0.326 e. The third-order valence-corrected chi connectivity index (χ3v) is 5.07. The van der Waals surface area contributed by atoms with Crippen LogP contribution in [0.5, 0.6) is 0 Å². The third kappa shape index (κ3) is 6.15. The standard InChI is InChI=1S/C11H18N2O4S2/c1-18(14,15)6-7-19(16,17)13-9-11-5-3-2-4-10(11)8-12/h2-5,13H,6-9,12H2,1H3. The molecule has 3 N–H and O–H groups in total. The molecule has 0 bridgehead atoms. The monoisotopic (exact) mass is 306 g/mol. The molecule has 0 aromatic heterocycles. The maximum absolute atomic E-state index is 11.6. The second kappa shape index (κ2) is 6.47. The lowest BCUT2D eigenvalue weighted by Crippen LogP contribution is -2.29. The average Bonchev–Trinajstić information content (AvgIpc) is 2.34. The molecule has 19 heavy (non-hydrogen) atoms. The molecule has 1 aromatic rings. The highest BCUT2D eigenvalue weighted by Gasteiger charge is 2.14. The molecule has 6 nitrogen and oxygen atoms in total. The van der Waals surface area contributed by atoms with Crippen molar-refractivity contribution in [1.82, 2.24) is 4.72 Å². The quantitative estimate of drug-likeness (QED) is 0.713. The van der Waals surface area contributed by atoms with E-state index in [-0.39, 0.29) is 12.3 Å². The molecule has 8 heteroatoms. The smallest absolute Gasteiger partial charge is 0.212 e. The Morgan fingerprint density at radius 2 is 1.63 bits per heavy atom. The minimum atomic E-state index is -3.61. The van der Waals surface area contributed by atoms with Gasteiger partial charge in [-0.1, -0.05) is 24.3 Å². The largest absolute Gasteiger partial charge is 0.326 e. The summed E-state index contributed by atoms with van der Waals surface area (Å²) < 4.78 is 47.5. The molecule has 0 atom stereocenters. The van der Waals surface area contributed by atoms with Crippen LogP contribution in [0.1, 0.15) is 11.1 Å². The number of nitrogens with two attached hydrogens (primary N) is 1. The number of hydrogen-bond donors (Lipinski definition) is 2. The van der Waals surface area contributed by atoms with Crippen molar-refractivity contribution in [3.8, 4) is 0 Å². The summed E-state index contributed by atoms with van der Waals surface area (Å²) >= 11 is 0. The van der Waals surface area contributed by atoms with E-state index in [2.05, 4.69) is 4.72 Å².